The van der Waals surface area contributed by atoms with Crippen molar-refractivity contribution >= 4 is 44.5 Å². The van der Waals surface area contributed by atoms with Crippen molar-refractivity contribution in [1.29, 1.82) is 0 Å². The lowest BCUT2D eigenvalue weighted by Gasteiger charge is -2.25. The van der Waals surface area contributed by atoms with E-state index in [9.17, 15) is 9.59 Å². The minimum Gasteiger partial charge on any atom is -0.355 e. The number of hydrogen-bond donors (Lipinski definition) is 1. The van der Waals surface area contributed by atoms with Crippen LogP contribution in [0.15, 0.2) is 34.3 Å². The lowest BCUT2D eigenvalue weighted by molar-refractivity contribution is -0.118. The molecule has 9 heteroatoms. The van der Waals surface area contributed by atoms with Gasteiger partial charge >= 0.3 is 0 Å². The van der Waals surface area contributed by atoms with Gasteiger partial charge in [-0.25, -0.2) is 4.98 Å². The second-order valence-corrected chi connectivity index (χ2v) is 10.2. The number of hydrogen-bond acceptors (Lipinski definition) is 7. The molecule has 0 unspecified atom stereocenters. The number of carbonyl (C=O) groups is 1. The topological polar surface area (TPSA) is 80.1 Å². The molecule has 0 atom stereocenters. The highest BCUT2D eigenvalue weighted by Crippen LogP contribution is 2.29. The highest BCUT2D eigenvalue weighted by atomic mass is 32.2. The summed E-state index contributed by atoms with van der Waals surface area (Å²) in [7, 11) is 0. The summed E-state index contributed by atoms with van der Waals surface area (Å²) in [5.41, 5.74) is 1.82. The van der Waals surface area contributed by atoms with Crippen LogP contribution < -0.4 is 15.8 Å². The lowest BCUT2D eigenvalue weighted by Crippen LogP contribution is -2.29. The van der Waals surface area contributed by atoms with E-state index in [1.54, 1.807) is 10.6 Å². The van der Waals surface area contributed by atoms with Crippen molar-refractivity contribution in [2.24, 2.45) is 0 Å². The van der Waals surface area contributed by atoms with Crippen LogP contribution in [-0.4, -0.2) is 45.8 Å². The second kappa shape index (κ2) is 11.1. The van der Waals surface area contributed by atoms with Gasteiger partial charge in [0.05, 0.1) is 5.75 Å². The number of nitrogens with one attached hydrogen (secondary N) is 1. The van der Waals surface area contributed by atoms with Gasteiger partial charge in [-0.1, -0.05) is 40.8 Å². The Morgan fingerprint density at radius 3 is 2.81 bits per heavy atom. The molecule has 7 nitrogen and oxygen atoms in total. The van der Waals surface area contributed by atoms with Gasteiger partial charge in [-0.05, 0) is 51.4 Å². The zero-order chi connectivity index (χ0) is 22.3. The molecular formula is C23H31N5O2S2. The van der Waals surface area contributed by atoms with Crippen molar-refractivity contribution in [3.05, 3.63) is 34.7 Å². The van der Waals surface area contributed by atoms with Gasteiger partial charge < -0.3 is 10.2 Å². The highest BCUT2D eigenvalue weighted by molar-refractivity contribution is 7.99. The van der Waals surface area contributed by atoms with E-state index >= 15 is 0 Å². The third-order valence-electron chi connectivity index (χ3n) is 5.89. The van der Waals surface area contributed by atoms with E-state index in [0.29, 0.717) is 28.6 Å². The molecule has 2 aliphatic rings. The Hall–Kier alpha value is -2.13. The first kappa shape index (κ1) is 23.0. The van der Waals surface area contributed by atoms with Crippen LogP contribution in [0.1, 0.15) is 51.4 Å². The summed E-state index contributed by atoms with van der Waals surface area (Å²) in [6, 6.07) is 0. The normalized spacial score (nSPS) is 16.8. The van der Waals surface area contributed by atoms with E-state index in [4.69, 9.17) is 0 Å². The molecule has 1 amide bonds. The second-order valence-electron chi connectivity index (χ2n) is 8.29. The van der Waals surface area contributed by atoms with Gasteiger partial charge in [-0.3, -0.25) is 14.2 Å². The minimum absolute atomic E-state index is 0.0433. The first-order chi connectivity index (χ1) is 15.7. The maximum atomic E-state index is 13.1. The molecule has 0 spiro atoms. The van der Waals surface area contributed by atoms with E-state index < -0.39 is 0 Å². The molecule has 2 aromatic heterocycles. The molecule has 172 valence electrons. The fraction of sp³-hybridized carbons (Fsp3) is 0.565. The van der Waals surface area contributed by atoms with Crippen LogP contribution >= 0.6 is 23.1 Å². The molecule has 1 aliphatic carbocycles. The Labute approximate surface area is 197 Å². The first-order valence-electron chi connectivity index (χ1n) is 11.5. The van der Waals surface area contributed by atoms with Crippen LogP contribution in [0.5, 0.6) is 0 Å². The fourth-order valence-corrected chi connectivity index (χ4v) is 6.01. The average Bonchev–Trinajstić information content (AvgIpc) is 3.26. The predicted molar refractivity (Wildman–Crippen MR) is 133 cm³/mol. The van der Waals surface area contributed by atoms with Crippen molar-refractivity contribution in [2.75, 3.05) is 30.3 Å². The average molecular weight is 474 g/mol. The largest absolute Gasteiger partial charge is 0.355 e. The van der Waals surface area contributed by atoms with Crippen LogP contribution in [0.3, 0.4) is 0 Å². The minimum atomic E-state index is -0.109. The number of amides is 1. The van der Waals surface area contributed by atoms with Crippen molar-refractivity contribution in [1.82, 2.24) is 19.9 Å². The summed E-state index contributed by atoms with van der Waals surface area (Å²) in [4.78, 5) is 37.1. The number of rotatable bonds is 9. The van der Waals surface area contributed by atoms with E-state index in [2.05, 4.69) is 32.8 Å². The number of allylic oxidation sites excluding steroid dienone is 2. The van der Waals surface area contributed by atoms with Gasteiger partial charge in [0, 0.05) is 26.2 Å². The Morgan fingerprint density at radius 2 is 2.06 bits per heavy atom. The van der Waals surface area contributed by atoms with Crippen LogP contribution in [-0.2, 0) is 11.3 Å². The Kier molecular flexibility index (Phi) is 8.02. The number of anilines is 1. The number of carbonyl (C=O) groups excluding carboxylic acids is 1. The van der Waals surface area contributed by atoms with E-state index in [-0.39, 0.29) is 17.2 Å². The Bertz CT molecular complexity index is 1050. The van der Waals surface area contributed by atoms with Gasteiger partial charge in [0.1, 0.15) is 4.70 Å². The van der Waals surface area contributed by atoms with Crippen molar-refractivity contribution in [2.45, 2.75) is 63.1 Å². The zero-order valence-electron chi connectivity index (χ0n) is 18.5. The third-order valence-corrected chi connectivity index (χ3v) is 7.96. The molecule has 0 aromatic carbocycles. The summed E-state index contributed by atoms with van der Waals surface area (Å²) in [6.45, 7) is 6.73. The van der Waals surface area contributed by atoms with Crippen molar-refractivity contribution < 1.29 is 4.79 Å². The number of fused-ring (bicyclic) bond motifs is 1. The molecule has 0 saturated carbocycles. The maximum Gasteiger partial charge on any atom is 0.274 e. The van der Waals surface area contributed by atoms with Crippen molar-refractivity contribution in [3.8, 4) is 0 Å². The number of thioether (sulfide) groups is 1. The molecule has 1 aliphatic heterocycles. The molecular weight excluding hydrogens is 442 g/mol. The fourth-order valence-electron chi connectivity index (χ4n) is 4.17. The molecule has 4 rings (SSSR count). The lowest BCUT2D eigenvalue weighted by atomic mass is 9.97. The summed E-state index contributed by atoms with van der Waals surface area (Å²) < 4.78 is 2.17. The summed E-state index contributed by atoms with van der Waals surface area (Å²) >= 11 is 2.70. The quantitative estimate of drug-likeness (QED) is 0.335. The molecule has 1 saturated heterocycles. The smallest absolute Gasteiger partial charge is 0.274 e. The molecule has 2 aromatic rings. The zero-order valence-corrected chi connectivity index (χ0v) is 20.1. The standard InChI is InChI=1S/C23H31N5O2S2/c1-2-13-28-21(30)19-20(25-22(32-19)27-14-7-4-8-15-27)26-23(28)31-16-18(29)24-12-11-17-9-5-3-6-10-17/h2,9H,1,3-8,10-16H2,(H,24,29). The first-order valence-corrected chi connectivity index (χ1v) is 13.3. The Morgan fingerprint density at radius 1 is 1.22 bits per heavy atom. The number of aromatic nitrogens is 3. The van der Waals surface area contributed by atoms with E-state index in [1.165, 1.54) is 47.9 Å². The van der Waals surface area contributed by atoms with Gasteiger partial charge in [0.15, 0.2) is 15.9 Å². The predicted octanol–water partition coefficient (Wildman–Crippen LogP) is 4.13. The van der Waals surface area contributed by atoms with Gasteiger partial charge in [0.2, 0.25) is 5.91 Å². The summed E-state index contributed by atoms with van der Waals surface area (Å²) in [6.07, 6.45) is 13.3. The van der Waals surface area contributed by atoms with Gasteiger partial charge in [-0.2, -0.15) is 4.98 Å². The maximum absolute atomic E-state index is 13.1. The van der Waals surface area contributed by atoms with Crippen LogP contribution in [0.25, 0.3) is 10.3 Å². The van der Waals surface area contributed by atoms with Crippen LogP contribution in [0.4, 0.5) is 5.13 Å². The van der Waals surface area contributed by atoms with E-state index in [0.717, 1.165) is 50.3 Å². The number of nitrogens with zero attached hydrogens (tertiary/aromatic N) is 4. The van der Waals surface area contributed by atoms with Crippen molar-refractivity contribution in [3.63, 3.8) is 0 Å². The molecule has 32 heavy (non-hydrogen) atoms. The molecule has 0 radical (unpaired) electrons. The SMILES string of the molecule is C=CCn1c(SCC(=O)NCCC2=CCCCC2)nc2nc(N3CCCCC3)sc2c1=O. The Balaban J connectivity index is 1.43. The number of piperidine rings is 1. The van der Waals surface area contributed by atoms with E-state index in [1.807, 2.05) is 0 Å². The molecule has 1 N–H and O–H groups in total. The molecule has 0 bridgehead atoms. The summed E-state index contributed by atoms with van der Waals surface area (Å²) in [5.74, 6) is 0.176. The molecule has 3 heterocycles. The van der Waals surface area contributed by atoms with Crippen LogP contribution in [0, 0.1) is 0 Å². The number of thiazole rings is 1. The molecule has 1 fully saturated rings. The highest BCUT2D eigenvalue weighted by Gasteiger charge is 2.20. The monoisotopic (exact) mass is 473 g/mol. The summed E-state index contributed by atoms with van der Waals surface area (Å²) in [5, 5.41) is 4.38. The van der Waals surface area contributed by atoms with Crippen LogP contribution in [0.2, 0.25) is 0 Å². The third kappa shape index (κ3) is 5.61. The van der Waals surface area contributed by atoms with Gasteiger partial charge in [-0.15, -0.1) is 6.58 Å². The van der Waals surface area contributed by atoms with Gasteiger partial charge in [0.25, 0.3) is 5.56 Å².